The van der Waals surface area contributed by atoms with Gasteiger partial charge in [0.25, 0.3) is 5.91 Å². The summed E-state index contributed by atoms with van der Waals surface area (Å²) in [6, 6.07) is 16.3. The van der Waals surface area contributed by atoms with Crippen LogP contribution in [-0.4, -0.2) is 40.6 Å². The number of carbonyl (C=O) groups is 2. The molecule has 0 spiro atoms. The molecule has 0 aliphatic carbocycles. The molecule has 2 aromatic heterocycles. The third-order valence-corrected chi connectivity index (χ3v) is 8.19. The van der Waals surface area contributed by atoms with Crippen LogP contribution < -0.4 is 5.32 Å². The predicted octanol–water partition coefficient (Wildman–Crippen LogP) is 8.81. The Morgan fingerprint density at radius 2 is 1.32 bits per heavy atom. The van der Waals surface area contributed by atoms with Crippen LogP contribution in [-0.2, 0) is 4.79 Å². The van der Waals surface area contributed by atoms with Crippen LogP contribution in [0.25, 0.3) is 21.9 Å². The number of halogens is 2. The molecular weight excluding hydrogens is 606 g/mol. The van der Waals surface area contributed by atoms with Crippen LogP contribution in [0.3, 0.4) is 0 Å². The zero-order valence-electron chi connectivity index (χ0n) is 27.7. The number of furan rings is 2. The molecule has 47 heavy (non-hydrogen) atoms. The number of aliphatic hydroxyl groups excluding tert-OH is 1. The van der Waals surface area contributed by atoms with Crippen LogP contribution in [0.2, 0.25) is 0 Å². The number of aryl methyl sites for hydroxylation is 2. The summed E-state index contributed by atoms with van der Waals surface area (Å²) < 4.78 is 39.4. The summed E-state index contributed by atoms with van der Waals surface area (Å²) in [5.74, 6) is -0.438. The molecule has 1 amide bonds. The molecular formula is C37H42F2N2O6. The third kappa shape index (κ3) is 7.82. The Labute approximate surface area is 273 Å². The molecule has 5 rings (SSSR count). The van der Waals surface area contributed by atoms with Gasteiger partial charge in [-0.15, -0.1) is 0 Å². The number of anilines is 1. The average molecular weight is 649 g/mol. The van der Waals surface area contributed by atoms with E-state index < -0.39 is 12.1 Å². The lowest BCUT2D eigenvalue weighted by atomic mass is 9.97. The first-order valence-corrected chi connectivity index (χ1v) is 15.6. The smallest absolute Gasteiger partial charge is 0.305 e. The van der Waals surface area contributed by atoms with Crippen LogP contribution in [0.5, 0.6) is 0 Å². The van der Waals surface area contributed by atoms with Crippen molar-refractivity contribution in [2.75, 3.05) is 18.9 Å². The summed E-state index contributed by atoms with van der Waals surface area (Å²) in [7, 11) is 1.58. The number of aliphatic carboxylic acids is 1. The number of nitrogens with zero attached hydrogens (tertiary/aromatic N) is 1. The van der Waals surface area contributed by atoms with Crippen molar-refractivity contribution in [3.63, 3.8) is 0 Å². The molecule has 5 aromatic rings. The molecule has 0 saturated heterocycles. The van der Waals surface area contributed by atoms with Crippen molar-refractivity contribution in [1.82, 2.24) is 4.90 Å². The minimum absolute atomic E-state index is 0.0438. The number of carbonyl (C=O) groups excluding carboxylic acids is 1. The summed E-state index contributed by atoms with van der Waals surface area (Å²) in [5.41, 5.74) is 3.74. The van der Waals surface area contributed by atoms with Gasteiger partial charge in [-0.3, -0.25) is 9.59 Å². The summed E-state index contributed by atoms with van der Waals surface area (Å²) >= 11 is 0. The van der Waals surface area contributed by atoms with Gasteiger partial charge in [-0.05, 0) is 74.2 Å². The number of amides is 1. The fourth-order valence-corrected chi connectivity index (χ4v) is 5.43. The molecule has 0 aliphatic rings. The van der Waals surface area contributed by atoms with Gasteiger partial charge in [0.2, 0.25) is 0 Å². The second kappa shape index (κ2) is 14.8. The van der Waals surface area contributed by atoms with Gasteiger partial charge in [0.05, 0.1) is 23.2 Å². The Balaban J connectivity index is 0.000000261. The number of hydrogen-bond donors (Lipinski definition) is 3. The molecule has 0 aliphatic heterocycles. The van der Waals surface area contributed by atoms with E-state index in [4.69, 9.17) is 13.9 Å². The minimum atomic E-state index is -0.945. The van der Waals surface area contributed by atoms with Crippen molar-refractivity contribution in [2.45, 2.75) is 60.1 Å². The van der Waals surface area contributed by atoms with Gasteiger partial charge >= 0.3 is 5.97 Å². The number of carboxylic acid groups (broad SMARTS) is 1. The van der Waals surface area contributed by atoms with Gasteiger partial charge < -0.3 is 29.3 Å². The van der Waals surface area contributed by atoms with Gasteiger partial charge in [-0.25, -0.2) is 8.78 Å². The highest BCUT2D eigenvalue weighted by atomic mass is 19.1. The van der Waals surface area contributed by atoms with E-state index >= 15 is 0 Å². The lowest BCUT2D eigenvalue weighted by molar-refractivity contribution is -0.137. The molecule has 10 heteroatoms. The van der Waals surface area contributed by atoms with Crippen molar-refractivity contribution in [3.05, 3.63) is 101 Å². The highest BCUT2D eigenvalue weighted by Gasteiger charge is 2.25. The Morgan fingerprint density at radius 1 is 0.809 bits per heavy atom. The molecule has 2 heterocycles. The van der Waals surface area contributed by atoms with Crippen LogP contribution >= 0.6 is 0 Å². The number of aliphatic hydroxyl groups is 1. The van der Waals surface area contributed by atoms with Crippen LogP contribution in [0.1, 0.15) is 79.3 Å². The standard InChI is InChI=1S/C24H27FN2O4.C13H15FO2/c1-14(2)22(23-15(3)21-18(25)6-5-7-19(21)31-23)26-17-10-8-16(9-11-17)24(30)27(4)13-12-20(28)29;1-7(2)12(15)13-8(3)11-9(14)5-4-6-10(11)16-13/h5-11,14,22,26H,12-13H2,1-4H3,(H,28,29);4-7,12,15H,1-3H3. The maximum atomic E-state index is 14.3. The molecule has 0 bridgehead atoms. The van der Waals surface area contributed by atoms with E-state index in [9.17, 15) is 23.5 Å². The topological polar surface area (TPSA) is 116 Å². The van der Waals surface area contributed by atoms with E-state index in [1.54, 1.807) is 62.5 Å². The van der Waals surface area contributed by atoms with Gasteiger partial charge in [-0.1, -0.05) is 39.8 Å². The average Bonchev–Trinajstić information content (AvgIpc) is 3.55. The molecule has 2 atom stereocenters. The van der Waals surface area contributed by atoms with E-state index in [0.717, 1.165) is 11.3 Å². The number of nitrogens with one attached hydrogen (secondary N) is 1. The molecule has 3 N–H and O–H groups in total. The van der Waals surface area contributed by atoms with Crippen molar-refractivity contribution < 1.29 is 37.4 Å². The first-order chi connectivity index (χ1) is 22.2. The summed E-state index contributed by atoms with van der Waals surface area (Å²) in [6.45, 7) is 11.7. The number of fused-ring (bicyclic) bond motifs is 2. The fourth-order valence-electron chi connectivity index (χ4n) is 5.43. The lowest BCUT2D eigenvalue weighted by Gasteiger charge is -2.23. The second-order valence-electron chi connectivity index (χ2n) is 12.4. The fraction of sp³-hybridized carbons (Fsp3) is 0.351. The summed E-state index contributed by atoms with van der Waals surface area (Å²) in [4.78, 5) is 24.6. The SMILES string of the molecule is Cc1c(C(Nc2ccc(C(=O)N(C)CCC(=O)O)cc2)C(C)C)oc2cccc(F)c12.Cc1c(C(O)C(C)C)oc2cccc(F)c12. The number of hydrogen-bond acceptors (Lipinski definition) is 6. The summed E-state index contributed by atoms with van der Waals surface area (Å²) in [6.07, 6.45) is -0.790. The number of rotatable bonds is 10. The summed E-state index contributed by atoms with van der Waals surface area (Å²) in [5, 5.41) is 23.1. The largest absolute Gasteiger partial charge is 0.481 e. The van der Waals surface area contributed by atoms with Crippen molar-refractivity contribution in [3.8, 4) is 0 Å². The Hall–Kier alpha value is -4.70. The Kier molecular flexibility index (Phi) is 11.1. The maximum absolute atomic E-state index is 14.3. The third-order valence-electron chi connectivity index (χ3n) is 8.19. The van der Waals surface area contributed by atoms with Crippen molar-refractivity contribution in [2.24, 2.45) is 11.8 Å². The molecule has 2 unspecified atom stereocenters. The van der Waals surface area contributed by atoms with Gasteiger partial charge in [0, 0.05) is 36.0 Å². The van der Waals surface area contributed by atoms with Gasteiger partial charge in [-0.2, -0.15) is 0 Å². The minimum Gasteiger partial charge on any atom is -0.481 e. The normalized spacial score (nSPS) is 12.7. The van der Waals surface area contributed by atoms with E-state index in [1.165, 1.54) is 17.0 Å². The van der Waals surface area contributed by atoms with E-state index in [0.29, 0.717) is 44.6 Å². The highest BCUT2D eigenvalue weighted by Crippen LogP contribution is 2.36. The van der Waals surface area contributed by atoms with E-state index in [1.807, 2.05) is 20.8 Å². The van der Waals surface area contributed by atoms with Crippen molar-refractivity contribution >= 4 is 39.5 Å². The first-order valence-electron chi connectivity index (χ1n) is 15.6. The zero-order chi connectivity index (χ0) is 34.6. The quantitative estimate of drug-likeness (QED) is 0.139. The molecule has 0 saturated carbocycles. The molecule has 250 valence electrons. The zero-order valence-corrected chi connectivity index (χ0v) is 27.7. The van der Waals surface area contributed by atoms with Crippen LogP contribution in [0.4, 0.5) is 14.5 Å². The molecule has 3 aromatic carbocycles. The monoisotopic (exact) mass is 648 g/mol. The van der Waals surface area contributed by atoms with Crippen LogP contribution in [0, 0.1) is 37.3 Å². The predicted molar refractivity (Wildman–Crippen MR) is 178 cm³/mol. The van der Waals surface area contributed by atoms with Crippen LogP contribution in [0.15, 0.2) is 69.5 Å². The second-order valence-corrected chi connectivity index (χ2v) is 12.4. The van der Waals surface area contributed by atoms with Crippen molar-refractivity contribution in [1.29, 1.82) is 0 Å². The first kappa shape index (κ1) is 35.2. The van der Waals surface area contributed by atoms with Gasteiger partial charge in [0.15, 0.2) is 0 Å². The van der Waals surface area contributed by atoms with E-state index in [2.05, 4.69) is 19.2 Å². The highest BCUT2D eigenvalue weighted by molar-refractivity contribution is 5.94. The number of carboxylic acids is 1. The Morgan fingerprint density at radius 3 is 1.79 bits per heavy atom. The van der Waals surface area contributed by atoms with E-state index in [-0.39, 0.29) is 48.4 Å². The molecule has 8 nitrogen and oxygen atoms in total. The maximum Gasteiger partial charge on any atom is 0.305 e. The number of benzene rings is 3. The van der Waals surface area contributed by atoms with Gasteiger partial charge in [0.1, 0.15) is 40.4 Å². The molecule has 0 fully saturated rings. The Bertz CT molecular complexity index is 1860. The molecule has 0 radical (unpaired) electrons. The lowest BCUT2D eigenvalue weighted by Crippen LogP contribution is -2.29.